The Bertz CT molecular complexity index is 583. The van der Waals surface area contributed by atoms with Crippen LogP contribution in [0.3, 0.4) is 0 Å². The second-order valence-corrected chi connectivity index (χ2v) is 5.93. The van der Waals surface area contributed by atoms with Crippen molar-refractivity contribution in [3.05, 3.63) is 29.8 Å². The summed E-state index contributed by atoms with van der Waals surface area (Å²) >= 11 is 0. The number of methoxy groups -OCH3 is 1. The van der Waals surface area contributed by atoms with Crippen molar-refractivity contribution >= 4 is 11.9 Å². The molecule has 2 saturated heterocycles. The van der Waals surface area contributed by atoms with Gasteiger partial charge in [-0.15, -0.1) is 0 Å². The van der Waals surface area contributed by atoms with Gasteiger partial charge in [-0.3, -0.25) is 4.79 Å². The molecule has 0 spiro atoms. The van der Waals surface area contributed by atoms with Crippen molar-refractivity contribution in [3.63, 3.8) is 0 Å². The lowest BCUT2D eigenvalue weighted by Gasteiger charge is -2.28. The fourth-order valence-electron chi connectivity index (χ4n) is 3.66. The average Bonchev–Trinajstić information content (AvgIpc) is 3.07. The molecule has 0 saturated carbocycles. The minimum atomic E-state index is -0.752. The molecule has 0 aliphatic carbocycles. The molecule has 2 aliphatic heterocycles. The standard InChI is InChI=1S/C17H21NO4/c1-3-22-16(20)17-9-8-15(19)18(17)11-13(10-17)12-4-6-14(21-2)7-5-12/h4-7,13H,3,8-11H2,1-2H3. The number of hydrogen-bond donors (Lipinski definition) is 0. The molecular formula is C17H21NO4. The van der Waals surface area contributed by atoms with E-state index in [9.17, 15) is 9.59 Å². The van der Waals surface area contributed by atoms with E-state index in [0.717, 1.165) is 11.3 Å². The first-order chi connectivity index (χ1) is 10.6. The van der Waals surface area contributed by atoms with Crippen LogP contribution in [0.4, 0.5) is 0 Å². The molecule has 0 radical (unpaired) electrons. The van der Waals surface area contributed by atoms with Crippen LogP contribution >= 0.6 is 0 Å². The highest BCUT2D eigenvalue weighted by Gasteiger charge is 2.57. The fraction of sp³-hybridized carbons (Fsp3) is 0.529. The molecule has 5 heteroatoms. The number of amides is 1. The molecule has 0 N–H and O–H groups in total. The monoisotopic (exact) mass is 303 g/mol. The van der Waals surface area contributed by atoms with Crippen LogP contribution in [-0.4, -0.2) is 42.6 Å². The van der Waals surface area contributed by atoms with Crippen molar-refractivity contribution in [2.75, 3.05) is 20.3 Å². The first-order valence-electron chi connectivity index (χ1n) is 7.72. The molecule has 0 aromatic heterocycles. The van der Waals surface area contributed by atoms with Crippen LogP contribution in [0.15, 0.2) is 24.3 Å². The minimum absolute atomic E-state index is 0.0593. The van der Waals surface area contributed by atoms with E-state index in [2.05, 4.69) is 0 Å². The maximum absolute atomic E-state index is 12.4. The van der Waals surface area contributed by atoms with Crippen LogP contribution in [0, 0.1) is 0 Å². The quantitative estimate of drug-likeness (QED) is 0.799. The van der Waals surface area contributed by atoms with Gasteiger partial charge in [-0.05, 0) is 37.5 Å². The predicted molar refractivity (Wildman–Crippen MR) is 80.7 cm³/mol. The van der Waals surface area contributed by atoms with E-state index in [1.165, 1.54) is 0 Å². The molecule has 5 nitrogen and oxygen atoms in total. The van der Waals surface area contributed by atoms with Gasteiger partial charge < -0.3 is 14.4 Å². The Morgan fingerprint density at radius 1 is 1.36 bits per heavy atom. The summed E-state index contributed by atoms with van der Waals surface area (Å²) in [5.41, 5.74) is 0.379. The highest BCUT2D eigenvalue weighted by molar-refractivity contribution is 5.92. The molecule has 2 aliphatic rings. The molecule has 1 aromatic carbocycles. The van der Waals surface area contributed by atoms with Crippen molar-refractivity contribution in [3.8, 4) is 5.75 Å². The Labute approximate surface area is 130 Å². The molecule has 3 rings (SSSR count). The van der Waals surface area contributed by atoms with Crippen molar-refractivity contribution in [2.45, 2.75) is 37.6 Å². The van der Waals surface area contributed by atoms with Crippen molar-refractivity contribution in [1.82, 2.24) is 4.90 Å². The first-order valence-corrected chi connectivity index (χ1v) is 7.72. The van der Waals surface area contributed by atoms with E-state index in [4.69, 9.17) is 9.47 Å². The Kier molecular flexibility index (Phi) is 3.81. The molecule has 22 heavy (non-hydrogen) atoms. The summed E-state index contributed by atoms with van der Waals surface area (Å²) in [6, 6.07) is 7.85. The van der Waals surface area contributed by atoms with E-state index in [0.29, 0.717) is 32.4 Å². The fourth-order valence-corrected chi connectivity index (χ4v) is 3.66. The zero-order valence-electron chi connectivity index (χ0n) is 13.0. The van der Waals surface area contributed by atoms with Crippen molar-refractivity contribution < 1.29 is 19.1 Å². The topological polar surface area (TPSA) is 55.8 Å². The molecule has 2 atom stereocenters. The molecule has 2 fully saturated rings. The van der Waals surface area contributed by atoms with Gasteiger partial charge in [0.2, 0.25) is 5.91 Å². The number of ether oxygens (including phenoxy) is 2. The summed E-state index contributed by atoms with van der Waals surface area (Å²) in [7, 11) is 1.63. The van der Waals surface area contributed by atoms with Gasteiger partial charge in [0.1, 0.15) is 11.3 Å². The number of nitrogens with zero attached hydrogens (tertiary/aromatic N) is 1. The summed E-state index contributed by atoms with van der Waals surface area (Å²) in [6.45, 7) is 2.73. The van der Waals surface area contributed by atoms with Crippen LogP contribution < -0.4 is 4.74 Å². The Hall–Kier alpha value is -2.04. The van der Waals surface area contributed by atoms with Gasteiger partial charge in [0.25, 0.3) is 0 Å². The number of esters is 1. The van der Waals surface area contributed by atoms with Crippen LogP contribution in [0.1, 0.15) is 37.7 Å². The van der Waals surface area contributed by atoms with Crippen LogP contribution in [0.2, 0.25) is 0 Å². The molecule has 1 amide bonds. The van der Waals surface area contributed by atoms with Gasteiger partial charge in [0.15, 0.2) is 0 Å². The number of hydrogen-bond acceptors (Lipinski definition) is 4. The third-order valence-corrected chi connectivity index (χ3v) is 4.80. The second-order valence-electron chi connectivity index (χ2n) is 5.93. The minimum Gasteiger partial charge on any atom is -0.497 e. The lowest BCUT2D eigenvalue weighted by atomic mass is 9.87. The molecule has 118 valence electrons. The van der Waals surface area contributed by atoms with E-state index in [1.54, 1.807) is 18.9 Å². The summed E-state index contributed by atoms with van der Waals surface area (Å²) < 4.78 is 10.4. The van der Waals surface area contributed by atoms with Crippen LogP contribution in [-0.2, 0) is 14.3 Å². The second kappa shape index (κ2) is 5.63. The van der Waals surface area contributed by atoms with Gasteiger partial charge in [0, 0.05) is 18.9 Å². The SMILES string of the molecule is CCOC(=O)C12CCC(=O)N1CC(c1ccc(OC)cc1)C2. The Morgan fingerprint density at radius 2 is 2.09 bits per heavy atom. The smallest absolute Gasteiger partial charge is 0.332 e. The lowest BCUT2D eigenvalue weighted by molar-refractivity contribution is -0.157. The third-order valence-electron chi connectivity index (χ3n) is 4.80. The summed E-state index contributed by atoms with van der Waals surface area (Å²) in [5, 5.41) is 0. The van der Waals surface area contributed by atoms with Crippen molar-refractivity contribution in [1.29, 1.82) is 0 Å². The van der Waals surface area contributed by atoms with Gasteiger partial charge in [-0.1, -0.05) is 12.1 Å². The van der Waals surface area contributed by atoms with Gasteiger partial charge in [-0.25, -0.2) is 4.79 Å². The van der Waals surface area contributed by atoms with Crippen LogP contribution in [0.25, 0.3) is 0 Å². The zero-order chi connectivity index (χ0) is 15.7. The molecule has 2 heterocycles. The van der Waals surface area contributed by atoms with E-state index < -0.39 is 5.54 Å². The maximum atomic E-state index is 12.4. The maximum Gasteiger partial charge on any atom is 0.332 e. The Balaban J connectivity index is 1.85. The number of rotatable bonds is 4. The highest BCUT2D eigenvalue weighted by atomic mass is 16.5. The largest absolute Gasteiger partial charge is 0.497 e. The van der Waals surface area contributed by atoms with E-state index in [1.807, 2.05) is 24.3 Å². The molecule has 2 unspecified atom stereocenters. The summed E-state index contributed by atoms with van der Waals surface area (Å²) in [5.74, 6) is 0.777. The summed E-state index contributed by atoms with van der Waals surface area (Å²) in [4.78, 5) is 26.3. The molecular weight excluding hydrogens is 282 g/mol. The first kappa shape index (κ1) is 14.9. The normalized spacial score (nSPS) is 26.9. The zero-order valence-corrected chi connectivity index (χ0v) is 13.0. The summed E-state index contributed by atoms with van der Waals surface area (Å²) in [6.07, 6.45) is 1.65. The van der Waals surface area contributed by atoms with Gasteiger partial charge in [0.05, 0.1) is 13.7 Å². The van der Waals surface area contributed by atoms with Gasteiger partial charge in [-0.2, -0.15) is 0 Å². The van der Waals surface area contributed by atoms with Crippen LogP contribution in [0.5, 0.6) is 5.75 Å². The third kappa shape index (κ3) is 2.25. The average molecular weight is 303 g/mol. The highest BCUT2D eigenvalue weighted by Crippen LogP contribution is 2.46. The van der Waals surface area contributed by atoms with Gasteiger partial charge >= 0.3 is 5.97 Å². The van der Waals surface area contributed by atoms with E-state index in [-0.39, 0.29) is 17.8 Å². The number of fused-ring (bicyclic) bond motifs is 1. The molecule has 1 aromatic rings. The number of benzene rings is 1. The number of carbonyl (C=O) groups excluding carboxylic acids is 2. The molecule has 0 bridgehead atoms. The lowest BCUT2D eigenvalue weighted by Crippen LogP contribution is -2.48. The Morgan fingerprint density at radius 3 is 2.73 bits per heavy atom. The van der Waals surface area contributed by atoms with E-state index >= 15 is 0 Å². The predicted octanol–water partition coefficient (Wildman–Crippen LogP) is 2.11. The number of carbonyl (C=O) groups is 2. The van der Waals surface area contributed by atoms with Crippen molar-refractivity contribution in [2.24, 2.45) is 0 Å².